The Morgan fingerprint density at radius 1 is 1.27 bits per heavy atom. The van der Waals surface area contributed by atoms with E-state index in [9.17, 15) is 0 Å². The van der Waals surface area contributed by atoms with Gasteiger partial charge < -0.3 is 4.74 Å². The van der Waals surface area contributed by atoms with Gasteiger partial charge in [-0.25, -0.2) is 4.68 Å². The predicted octanol–water partition coefficient (Wildman–Crippen LogP) is 3.57. The van der Waals surface area contributed by atoms with E-state index >= 15 is 0 Å². The minimum atomic E-state index is -0.175. The molecule has 1 aromatic heterocycles. The van der Waals surface area contributed by atoms with Crippen LogP contribution in [0.25, 0.3) is 0 Å². The van der Waals surface area contributed by atoms with E-state index in [-0.39, 0.29) is 5.41 Å². The van der Waals surface area contributed by atoms with Crippen LogP contribution in [-0.4, -0.2) is 21.6 Å². The maximum atomic E-state index is 9.14. The molecule has 5 nitrogen and oxygen atoms in total. The second-order valence-electron chi connectivity index (χ2n) is 6.03. The largest absolute Gasteiger partial charge is 0.494 e. The van der Waals surface area contributed by atoms with Gasteiger partial charge in [-0.3, -0.25) is 0 Å². The minimum Gasteiger partial charge on any atom is -0.494 e. The summed E-state index contributed by atoms with van der Waals surface area (Å²) in [5.41, 5.74) is 1.08. The SMILES string of the molecule is CC(C)(C)c1c(C#N)nnn1CCCOc1ccc(Cl)cc1. The summed E-state index contributed by atoms with van der Waals surface area (Å²) in [6.45, 7) is 7.37. The zero-order valence-corrected chi connectivity index (χ0v) is 13.8. The van der Waals surface area contributed by atoms with E-state index in [4.69, 9.17) is 21.6 Å². The molecular weight excluding hydrogens is 300 g/mol. The Kier molecular flexibility index (Phi) is 5.04. The van der Waals surface area contributed by atoms with Crippen molar-refractivity contribution in [2.45, 2.75) is 39.2 Å². The summed E-state index contributed by atoms with van der Waals surface area (Å²) in [7, 11) is 0. The Morgan fingerprint density at radius 2 is 1.95 bits per heavy atom. The molecular formula is C16H19ClN4O. The van der Waals surface area contributed by atoms with Gasteiger partial charge in [0.1, 0.15) is 11.8 Å². The molecule has 0 unspecified atom stereocenters. The monoisotopic (exact) mass is 318 g/mol. The molecule has 6 heteroatoms. The number of rotatable bonds is 5. The number of halogens is 1. The average Bonchev–Trinajstić information content (AvgIpc) is 2.88. The lowest BCUT2D eigenvalue weighted by Crippen LogP contribution is -2.20. The summed E-state index contributed by atoms with van der Waals surface area (Å²) in [6.07, 6.45) is 0.778. The Hall–Kier alpha value is -2.06. The molecule has 0 aliphatic carbocycles. The Balaban J connectivity index is 1.94. The highest BCUT2D eigenvalue weighted by Gasteiger charge is 2.25. The first kappa shape index (κ1) is 16.3. The third kappa shape index (κ3) is 3.99. The highest BCUT2D eigenvalue weighted by molar-refractivity contribution is 6.30. The van der Waals surface area contributed by atoms with Crippen LogP contribution in [0.1, 0.15) is 38.6 Å². The topological polar surface area (TPSA) is 63.7 Å². The van der Waals surface area contributed by atoms with Crippen LogP contribution in [0.15, 0.2) is 24.3 Å². The number of benzene rings is 1. The maximum absolute atomic E-state index is 9.14. The van der Waals surface area contributed by atoms with E-state index in [1.165, 1.54) is 0 Å². The fourth-order valence-electron chi connectivity index (χ4n) is 2.22. The van der Waals surface area contributed by atoms with Gasteiger partial charge in [0, 0.05) is 23.4 Å². The van der Waals surface area contributed by atoms with E-state index in [2.05, 4.69) is 16.4 Å². The van der Waals surface area contributed by atoms with Crippen molar-refractivity contribution < 1.29 is 4.74 Å². The fourth-order valence-corrected chi connectivity index (χ4v) is 2.35. The Labute approximate surface area is 135 Å². The summed E-state index contributed by atoms with van der Waals surface area (Å²) in [5, 5.41) is 17.8. The van der Waals surface area contributed by atoms with E-state index in [1.54, 1.807) is 16.8 Å². The first-order valence-corrected chi connectivity index (χ1v) is 7.52. The van der Waals surface area contributed by atoms with Crippen LogP contribution in [0.3, 0.4) is 0 Å². The number of nitrogens with zero attached hydrogens (tertiary/aromatic N) is 4. The maximum Gasteiger partial charge on any atom is 0.186 e. The van der Waals surface area contributed by atoms with E-state index < -0.39 is 0 Å². The highest BCUT2D eigenvalue weighted by Crippen LogP contribution is 2.24. The van der Waals surface area contributed by atoms with Gasteiger partial charge in [-0.1, -0.05) is 37.6 Å². The molecule has 0 amide bonds. The first-order valence-electron chi connectivity index (χ1n) is 7.14. The summed E-state index contributed by atoms with van der Waals surface area (Å²) in [4.78, 5) is 0. The van der Waals surface area contributed by atoms with Gasteiger partial charge in [-0.15, -0.1) is 5.10 Å². The number of aromatic nitrogens is 3. The van der Waals surface area contributed by atoms with Crippen LogP contribution >= 0.6 is 11.6 Å². The number of hydrogen-bond donors (Lipinski definition) is 0. The van der Waals surface area contributed by atoms with Gasteiger partial charge in [0.15, 0.2) is 5.69 Å². The van der Waals surface area contributed by atoms with Gasteiger partial charge >= 0.3 is 0 Å². The van der Waals surface area contributed by atoms with Crippen molar-refractivity contribution in [1.29, 1.82) is 5.26 Å². The molecule has 22 heavy (non-hydrogen) atoms. The Morgan fingerprint density at radius 3 is 2.55 bits per heavy atom. The first-order chi connectivity index (χ1) is 10.4. The molecule has 0 fully saturated rings. The molecule has 0 radical (unpaired) electrons. The van der Waals surface area contributed by atoms with Gasteiger partial charge in [-0.05, 0) is 24.3 Å². The van der Waals surface area contributed by atoms with Crippen LogP contribution in [-0.2, 0) is 12.0 Å². The van der Waals surface area contributed by atoms with Gasteiger partial charge in [0.2, 0.25) is 0 Å². The molecule has 0 saturated heterocycles. The molecule has 2 rings (SSSR count). The third-order valence-electron chi connectivity index (χ3n) is 3.15. The highest BCUT2D eigenvalue weighted by atomic mass is 35.5. The molecule has 0 atom stereocenters. The van der Waals surface area contributed by atoms with Crippen molar-refractivity contribution in [3.05, 3.63) is 40.7 Å². The molecule has 1 aromatic carbocycles. The number of hydrogen-bond acceptors (Lipinski definition) is 4. The van der Waals surface area contributed by atoms with Crippen LogP contribution in [0.5, 0.6) is 5.75 Å². The summed E-state index contributed by atoms with van der Waals surface area (Å²) >= 11 is 5.83. The van der Waals surface area contributed by atoms with Gasteiger partial charge in [-0.2, -0.15) is 5.26 Å². The van der Waals surface area contributed by atoms with Crippen molar-refractivity contribution in [3.8, 4) is 11.8 Å². The molecule has 2 aromatic rings. The molecule has 116 valence electrons. The Bertz CT molecular complexity index is 665. The van der Waals surface area contributed by atoms with Crippen molar-refractivity contribution in [2.24, 2.45) is 0 Å². The van der Waals surface area contributed by atoms with Crippen LogP contribution in [0.2, 0.25) is 5.02 Å². The lowest BCUT2D eigenvalue weighted by atomic mass is 9.90. The van der Waals surface area contributed by atoms with Crippen LogP contribution < -0.4 is 4.74 Å². The van der Waals surface area contributed by atoms with Gasteiger partial charge in [0.05, 0.1) is 12.3 Å². The average molecular weight is 319 g/mol. The van der Waals surface area contributed by atoms with Gasteiger partial charge in [0.25, 0.3) is 0 Å². The number of ether oxygens (including phenoxy) is 1. The predicted molar refractivity (Wildman–Crippen MR) is 85.0 cm³/mol. The summed E-state index contributed by atoms with van der Waals surface area (Å²) in [6, 6.07) is 9.38. The van der Waals surface area contributed by atoms with Crippen molar-refractivity contribution >= 4 is 11.6 Å². The summed E-state index contributed by atoms with van der Waals surface area (Å²) < 4.78 is 7.45. The standard InChI is InChI=1S/C16H19ClN4O/c1-16(2,3)15-14(11-18)19-20-21(15)9-4-10-22-13-7-5-12(17)6-8-13/h5-8H,4,9-10H2,1-3H3. The second kappa shape index (κ2) is 6.80. The van der Waals surface area contributed by atoms with E-state index in [1.807, 2.05) is 32.9 Å². The third-order valence-corrected chi connectivity index (χ3v) is 3.40. The lowest BCUT2D eigenvalue weighted by Gasteiger charge is -2.19. The van der Waals surface area contributed by atoms with Crippen LogP contribution in [0, 0.1) is 11.3 Å². The smallest absolute Gasteiger partial charge is 0.186 e. The van der Waals surface area contributed by atoms with Crippen molar-refractivity contribution in [2.75, 3.05) is 6.61 Å². The number of nitriles is 1. The van der Waals surface area contributed by atoms with Crippen LogP contribution in [0.4, 0.5) is 0 Å². The quantitative estimate of drug-likeness (QED) is 0.791. The molecule has 0 bridgehead atoms. The van der Waals surface area contributed by atoms with E-state index in [0.717, 1.165) is 17.9 Å². The normalized spacial score (nSPS) is 11.2. The fraction of sp³-hybridized carbons (Fsp3) is 0.438. The zero-order valence-electron chi connectivity index (χ0n) is 13.0. The van der Waals surface area contributed by atoms with Crippen molar-refractivity contribution in [3.63, 3.8) is 0 Å². The molecule has 1 heterocycles. The summed E-state index contributed by atoms with van der Waals surface area (Å²) in [5.74, 6) is 0.789. The zero-order chi connectivity index (χ0) is 16.2. The second-order valence-corrected chi connectivity index (χ2v) is 6.46. The molecule has 0 saturated carbocycles. The van der Waals surface area contributed by atoms with E-state index in [0.29, 0.717) is 23.9 Å². The molecule has 0 N–H and O–H groups in total. The molecule has 0 aliphatic rings. The number of aryl methyl sites for hydroxylation is 1. The van der Waals surface area contributed by atoms with Crippen molar-refractivity contribution in [1.82, 2.24) is 15.0 Å². The lowest BCUT2D eigenvalue weighted by molar-refractivity contribution is 0.295. The molecule has 0 spiro atoms. The molecule has 0 aliphatic heterocycles. The minimum absolute atomic E-state index is 0.175.